The normalized spacial score (nSPS) is 10.4. The van der Waals surface area contributed by atoms with Gasteiger partial charge in [0.05, 0.1) is 14.2 Å². The first-order valence-electron chi connectivity index (χ1n) is 9.56. The number of hydrogen-bond acceptors (Lipinski definition) is 4. The van der Waals surface area contributed by atoms with Crippen molar-refractivity contribution in [3.05, 3.63) is 87.9 Å². The van der Waals surface area contributed by atoms with Crippen molar-refractivity contribution in [1.29, 1.82) is 0 Å². The molecule has 0 fully saturated rings. The maximum absolute atomic E-state index is 12.8. The van der Waals surface area contributed by atoms with Crippen LogP contribution in [0.2, 0.25) is 0 Å². The molecular formula is C24H24BrNO4. The highest BCUT2D eigenvalue weighted by molar-refractivity contribution is 9.10. The maximum atomic E-state index is 12.8. The highest BCUT2D eigenvalue weighted by Gasteiger charge is 2.13. The van der Waals surface area contributed by atoms with Gasteiger partial charge in [-0.25, -0.2) is 0 Å². The minimum absolute atomic E-state index is 0.126. The Morgan fingerprint density at radius 2 is 1.57 bits per heavy atom. The molecule has 0 atom stereocenters. The van der Waals surface area contributed by atoms with Crippen LogP contribution in [0.25, 0.3) is 0 Å². The van der Waals surface area contributed by atoms with Crippen molar-refractivity contribution >= 4 is 21.8 Å². The molecule has 1 amide bonds. The Kier molecular flexibility index (Phi) is 7.74. The minimum Gasteiger partial charge on any atom is -0.493 e. The predicted molar refractivity (Wildman–Crippen MR) is 120 cm³/mol. The fourth-order valence-electron chi connectivity index (χ4n) is 3.04. The lowest BCUT2D eigenvalue weighted by atomic mass is 10.1. The maximum Gasteiger partial charge on any atom is 0.251 e. The van der Waals surface area contributed by atoms with Crippen LogP contribution in [-0.4, -0.2) is 26.7 Å². The second-order valence-corrected chi connectivity index (χ2v) is 7.42. The Morgan fingerprint density at radius 3 is 2.30 bits per heavy atom. The molecule has 0 bridgehead atoms. The van der Waals surface area contributed by atoms with Crippen LogP contribution in [0.1, 0.15) is 21.5 Å². The Bertz CT molecular complexity index is 992. The van der Waals surface area contributed by atoms with Crippen molar-refractivity contribution in [1.82, 2.24) is 5.32 Å². The zero-order valence-corrected chi connectivity index (χ0v) is 18.6. The number of ether oxygens (including phenoxy) is 3. The standard InChI is InChI=1S/C24H24BrNO4/c1-28-22-14-17(21(25)15-23(22)29-2)12-13-26-24(27)20-11-7-6-8-18(20)16-30-19-9-4-3-5-10-19/h3-11,14-15H,12-13,16H2,1-2H3,(H,26,27). The van der Waals surface area contributed by atoms with Crippen molar-refractivity contribution in [2.45, 2.75) is 13.0 Å². The van der Waals surface area contributed by atoms with E-state index in [-0.39, 0.29) is 5.91 Å². The van der Waals surface area contributed by atoms with Crippen molar-refractivity contribution < 1.29 is 19.0 Å². The van der Waals surface area contributed by atoms with Crippen molar-refractivity contribution in [3.8, 4) is 17.2 Å². The van der Waals surface area contributed by atoms with Crippen LogP contribution in [0, 0.1) is 0 Å². The van der Waals surface area contributed by atoms with Crippen LogP contribution in [-0.2, 0) is 13.0 Å². The van der Waals surface area contributed by atoms with E-state index in [1.807, 2.05) is 66.7 Å². The Balaban J connectivity index is 1.62. The summed E-state index contributed by atoms with van der Waals surface area (Å²) in [6.45, 7) is 0.815. The molecule has 0 aliphatic rings. The Labute approximate surface area is 185 Å². The van der Waals surface area contributed by atoms with Gasteiger partial charge in [-0.3, -0.25) is 4.79 Å². The molecule has 0 saturated heterocycles. The van der Waals surface area contributed by atoms with Gasteiger partial charge in [-0.1, -0.05) is 52.3 Å². The number of para-hydroxylation sites is 1. The van der Waals surface area contributed by atoms with Crippen molar-refractivity contribution in [2.24, 2.45) is 0 Å². The monoisotopic (exact) mass is 469 g/mol. The second-order valence-electron chi connectivity index (χ2n) is 6.56. The fourth-order valence-corrected chi connectivity index (χ4v) is 3.56. The van der Waals surface area contributed by atoms with E-state index >= 15 is 0 Å². The van der Waals surface area contributed by atoms with E-state index in [1.165, 1.54) is 0 Å². The first-order valence-corrected chi connectivity index (χ1v) is 10.4. The molecular weight excluding hydrogens is 446 g/mol. The second kappa shape index (κ2) is 10.7. The van der Waals surface area contributed by atoms with Crippen LogP contribution < -0.4 is 19.5 Å². The average Bonchev–Trinajstić information content (AvgIpc) is 2.79. The van der Waals surface area contributed by atoms with Gasteiger partial charge < -0.3 is 19.5 Å². The summed E-state index contributed by atoms with van der Waals surface area (Å²) in [5.74, 6) is 1.96. The first-order chi connectivity index (χ1) is 14.6. The molecule has 0 aromatic heterocycles. The molecule has 156 valence electrons. The molecule has 0 aliphatic carbocycles. The number of methoxy groups -OCH3 is 2. The van der Waals surface area contributed by atoms with E-state index in [0.29, 0.717) is 36.6 Å². The zero-order valence-electron chi connectivity index (χ0n) is 17.0. The summed E-state index contributed by atoms with van der Waals surface area (Å²) in [4.78, 5) is 12.8. The highest BCUT2D eigenvalue weighted by Crippen LogP contribution is 2.33. The molecule has 0 radical (unpaired) electrons. The zero-order chi connectivity index (χ0) is 21.3. The van der Waals surface area contributed by atoms with Gasteiger partial charge in [0.25, 0.3) is 5.91 Å². The predicted octanol–water partition coefficient (Wildman–Crippen LogP) is 5.02. The van der Waals surface area contributed by atoms with E-state index in [2.05, 4.69) is 21.2 Å². The molecule has 3 aromatic carbocycles. The molecule has 1 N–H and O–H groups in total. The minimum atomic E-state index is -0.126. The van der Waals surface area contributed by atoms with Gasteiger partial charge in [0, 0.05) is 22.1 Å². The van der Waals surface area contributed by atoms with Crippen LogP contribution in [0.4, 0.5) is 0 Å². The summed E-state index contributed by atoms with van der Waals surface area (Å²) >= 11 is 3.55. The summed E-state index contributed by atoms with van der Waals surface area (Å²) in [5, 5.41) is 2.99. The van der Waals surface area contributed by atoms with Gasteiger partial charge in [0.1, 0.15) is 12.4 Å². The SMILES string of the molecule is COc1cc(Br)c(CCNC(=O)c2ccccc2COc2ccccc2)cc1OC. The smallest absolute Gasteiger partial charge is 0.251 e. The lowest BCUT2D eigenvalue weighted by Gasteiger charge is -2.13. The number of rotatable bonds is 9. The van der Waals surface area contributed by atoms with Crippen LogP contribution >= 0.6 is 15.9 Å². The highest BCUT2D eigenvalue weighted by atomic mass is 79.9. The summed E-state index contributed by atoms with van der Waals surface area (Å²) in [6, 6.07) is 20.8. The molecule has 3 aromatic rings. The van der Waals surface area contributed by atoms with Gasteiger partial charge in [-0.2, -0.15) is 0 Å². The van der Waals surface area contributed by atoms with E-state index in [9.17, 15) is 4.79 Å². The molecule has 30 heavy (non-hydrogen) atoms. The Hall–Kier alpha value is -2.99. The summed E-state index contributed by atoms with van der Waals surface area (Å²) in [6.07, 6.45) is 0.648. The molecule has 0 unspecified atom stereocenters. The molecule has 6 heteroatoms. The quantitative estimate of drug-likeness (QED) is 0.478. The van der Waals surface area contributed by atoms with E-state index in [1.54, 1.807) is 14.2 Å². The molecule has 0 aliphatic heterocycles. The molecule has 3 rings (SSSR count). The summed E-state index contributed by atoms with van der Waals surface area (Å²) in [5.41, 5.74) is 2.47. The molecule has 0 saturated carbocycles. The van der Waals surface area contributed by atoms with Crippen LogP contribution in [0.5, 0.6) is 17.2 Å². The van der Waals surface area contributed by atoms with Gasteiger partial charge in [0.2, 0.25) is 0 Å². The topological polar surface area (TPSA) is 56.8 Å². The summed E-state index contributed by atoms with van der Waals surface area (Å²) in [7, 11) is 3.20. The third-order valence-electron chi connectivity index (χ3n) is 4.63. The number of halogens is 1. The Morgan fingerprint density at radius 1 is 0.900 bits per heavy atom. The number of hydrogen-bond donors (Lipinski definition) is 1. The molecule has 5 nitrogen and oxygen atoms in total. The molecule has 0 heterocycles. The fraction of sp³-hybridized carbons (Fsp3) is 0.208. The van der Waals surface area contributed by atoms with Crippen LogP contribution in [0.15, 0.2) is 71.2 Å². The average molecular weight is 470 g/mol. The van der Waals surface area contributed by atoms with Gasteiger partial charge >= 0.3 is 0 Å². The van der Waals surface area contributed by atoms with Gasteiger partial charge in [-0.15, -0.1) is 0 Å². The number of amides is 1. The first kappa shape index (κ1) is 21.7. The van der Waals surface area contributed by atoms with Crippen molar-refractivity contribution in [2.75, 3.05) is 20.8 Å². The number of carbonyl (C=O) groups is 1. The lowest BCUT2D eigenvalue weighted by Crippen LogP contribution is -2.27. The van der Waals surface area contributed by atoms with Crippen LogP contribution in [0.3, 0.4) is 0 Å². The number of carbonyl (C=O) groups excluding carboxylic acids is 1. The van der Waals surface area contributed by atoms with Gasteiger partial charge in [-0.05, 0) is 42.3 Å². The van der Waals surface area contributed by atoms with Gasteiger partial charge in [0.15, 0.2) is 11.5 Å². The van der Waals surface area contributed by atoms with E-state index in [4.69, 9.17) is 14.2 Å². The number of nitrogens with one attached hydrogen (secondary N) is 1. The van der Waals surface area contributed by atoms with E-state index in [0.717, 1.165) is 21.3 Å². The lowest BCUT2D eigenvalue weighted by molar-refractivity contribution is 0.0951. The number of benzene rings is 3. The molecule has 0 spiro atoms. The third kappa shape index (κ3) is 5.54. The third-order valence-corrected chi connectivity index (χ3v) is 5.37. The van der Waals surface area contributed by atoms with E-state index < -0.39 is 0 Å². The largest absolute Gasteiger partial charge is 0.493 e. The summed E-state index contributed by atoms with van der Waals surface area (Å²) < 4.78 is 17.4. The van der Waals surface area contributed by atoms with Crippen molar-refractivity contribution in [3.63, 3.8) is 0 Å².